The van der Waals surface area contributed by atoms with Crippen molar-refractivity contribution in [3.05, 3.63) is 64.6 Å². The van der Waals surface area contributed by atoms with Crippen molar-refractivity contribution >= 4 is 34.6 Å². The van der Waals surface area contributed by atoms with E-state index in [1.54, 1.807) is 43.3 Å². The van der Waals surface area contributed by atoms with Gasteiger partial charge >= 0.3 is 23.5 Å². The van der Waals surface area contributed by atoms with E-state index in [0.717, 1.165) is 5.56 Å². The van der Waals surface area contributed by atoms with E-state index in [1.807, 2.05) is 19.1 Å². The van der Waals surface area contributed by atoms with Gasteiger partial charge < -0.3 is 19.8 Å². The molecule has 0 aliphatic rings. The van der Waals surface area contributed by atoms with Crippen molar-refractivity contribution in [2.24, 2.45) is 0 Å². The molecule has 1 heterocycles. The number of fused-ring (bicyclic) bond motifs is 1. The van der Waals surface area contributed by atoms with Gasteiger partial charge in [-0.05, 0) is 37.6 Å². The Labute approximate surface area is 178 Å². The number of aryl methyl sites for hydroxylation is 1. The predicted molar refractivity (Wildman–Crippen MR) is 113 cm³/mol. The Morgan fingerprint density at radius 3 is 2.48 bits per heavy atom. The number of rotatable bonds is 7. The summed E-state index contributed by atoms with van der Waals surface area (Å²) in [4.78, 5) is 48.4. The highest BCUT2D eigenvalue weighted by Crippen LogP contribution is 2.12. The van der Waals surface area contributed by atoms with Crippen LogP contribution in [-0.4, -0.2) is 35.0 Å². The summed E-state index contributed by atoms with van der Waals surface area (Å²) in [6.07, 6.45) is 0.436. The van der Waals surface area contributed by atoms with Crippen molar-refractivity contribution < 1.29 is 23.5 Å². The standard InChI is InChI=1S/C22H23N3O6/c1-3-15(23-20(27)21(28)24-16-10-8-14(2)9-11-16)13-30-19(26)12-25-17-6-4-5-7-18(17)31-22(25)29/h4-11,15H,3,12-13H2,1-2H3,(H,23,27)(H,24,28)/t15-/m0/s1. The van der Waals surface area contributed by atoms with E-state index < -0.39 is 29.6 Å². The lowest BCUT2D eigenvalue weighted by Gasteiger charge is -2.17. The molecular weight excluding hydrogens is 402 g/mol. The largest absolute Gasteiger partial charge is 0.462 e. The summed E-state index contributed by atoms with van der Waals surface area (Å²) in [5.41, 5.74) is 2.39. The van der Waals surface area contributed by atoms with Crippen LogP contribution in [0.4, 0.5) is 5.69 Å². The lowest BCUT2D eigenvalue weighted by Crippen LogP contribution is -2.44. The van der Waals surface area contributed by atoms with Crippen molar-refractivity contribution in [3.8, 4) is 0 Å². The lowest BCUT2D eigenvalue weighted by molar-refractivity contribution is -0.146. The average molecular weight is 425 g/mol. The Morgan fingerprint density at radius 2 is 1.77 bits per heavy atom. The van der Waals surface area contributed by atoms with Gasteiger partial charge in [-0.3, -0.25) is 19.0 Å². The molecule has 0 saturated carbocycles. The van der Waals surface area contributed by atoms with Crippen molar-refractivity contribution in [1.82, 2.24) is 9.88 Å². The van der Waals surface area contributed by atoms with E-state index in [9.17, 15) is 19.2 Å². The van der Waals surface area contributed by atoms with Crippen LogP contribution < -0.4 is 16.4 Å². The topological polar surface area (TPSA) is 120 Å². The molecule has 3 rings (SSSR count). The number of ether oxygens (including phenoxy) is 1. The number of hydrogen-bond acceptors (Lipinski definition) is 6. The third-order valence-electron chi connectivity index (χ3n) is 4.65. The van der Waals surface area contributed by atoms with Crippen LogP contribution in [0.15, 0.2) is 57.7 Å². The Kier molecular flexibility index (Phi) is 6.86. The first kappa shape index (κ1) is 21.8. The van der Waals surface area contributed by atoms with Gasteiger partial charge in [-0.25, -0.2) is 4.79 Å². The third-order valence-corrected chi connectivity index (χ3v) is 4.65. The summed E-state index contributed by atoms with van der Waals surface area (Å²) in [5.74, 6) is -2.97. The first-order valence-electron chi connectivity index (χ1n) is 9.80. The minimum Gasteiger partial charge on any atom is -0.462 e. The van der Waals surface area contributed by atoms with Crippen LogP contribution in [0.3, 0.4) is 0 Å². The van der Waals surface area contributed by atoms with Gasteiger partial charge in [-0.2, -0.15) is 0 Å². The van der Waals surface area contributed by atoms with Crippen LogP contribution in [0, 0.1) is 6.92 Å². The first-order valence-corrected chi connectivity index (χ1v) is 9.80. The molecule has 2 N–H and O–H groups in total. The Morgan fingerprint density at radius 1 is 1.06 bits per heavy atom. The zero-order valence-electron chi connectivity index (χ0n) is 17.2. The molecule has 2 amide bonds. The Balaban J connectivity index is 1.52. The monoisotopic (exact) mass is 425 g/mol. The van der Waals surface area contributed by atoms with E-state index in [1.165, 1.54) is 4.57 Å². The van der Waals surface area contributed by atoms with E-state index in [0.29, 0.717) is 23.2 Å². The lowest BCUT2D eigenvalue weighted by atomic mass is 10.2. The maximum absolute atomic E-state index is 12.2. The second-order valence-corrected chi connectivity index (χ2v) is 7.00. The molecule has 31 heavy (non-hydrogen) atoms. The minimum absolute atomic E-state index is 0.135. The van der Waals surface area contributed by atoms with Crippen LogP contribution in [0.1, 0.15) is 18.9 Å². The van der Waals surface area contributed by atoms with E-state index in [4.69, 9.17) is 9.15 Å². The number of oxazole rings is 1. The van der Waals surface area contributed by atoms with Crippen molar-refractivity contribution in [3.63, 3.8) is 0 Å². The van der Waals surface area contributed by atoms with E-state index >= 15 is 0 Å². The third kappa shape index (κ3) is 5.59. The molecule has 0 aliphatic carbocycles. The quantitative estimate of drug-likeness (QED) is 0.441. The van der Waals surface area contributed by atoms with E-state index in [2.05, 4.69) is 10.6 Å². The molecule has 0 spiro atoms. The van der Waals surface area contributed by atoms with Gasteiger partial charge in [-0.15, -0.1) is 0 Å². The minimum atomic E-state index is -0.833. The van der Waals surface area contributed by atoms with Crippen molar-refractivity contribution in [2.75, 3.05) is 11.9 Å². The van der Waals surface area contributed by atoms with Gasteiger partial charge in [0, 0.05) is 5.69 Å². The Hall–Kier alpha value is -3.88. The molecule has 3 aromatic rings. The molecule has 0 fully saturated rings. The maximum Gasteiger partial charge on any atom is 0.420 e. The number of para-hydroxylation sites is 2. The number of benzene rings is 2. The number of hydrogen-bond donors (Lipinski definition) is 2. The summed E-state index contributed by atoms with van der Waals surface area (Å²) in [6, 6.07) is 13.2. The summed E-state index contributed by atoms with van der Waals surface area (Å²) in [7, 11) is 0. The molecule has 0 bridgehead atoms. The smallest absolute Gasteiger partial charge is 0.420 e. The SMILES string of the molecule is CC[C@@H](COC(=O)Cn1c(=O)oc2ccccc21)NC(=O)C(=O)Nc1ccc(C)cc1. The molecule has 9 heteroatoms. The van der Waals surface area contributed by atoms with Gasteiger partial charge in [0.2, 0.25) is 0 Å². The molecule has 0 aliphatic heterocycles. The summed E-state index contributed by atoms with van der Waals surface area (Å²) in [6.45, 7) is 3.24. The number of carbonyl (C=O) groups is 3. The maximum atomic E-state index is 12.2. The highest BCUT2D eigenvalue weighted by molar-refractivity contribution is 6.39. The molecule has 2 aromatic carbocycles. The van der Waals surface area contributed by atoms with Crippen LogP contribution in [0.2, 0.25) is 0 Å². The summed E-state index contributed by atoms with van der Waals surface area (Å²) < 4.78 is 11.4. The van der Waals surface area contributed by atoms with Gasteiger partial charge in [0.1, 0.15) is 13.2 Å². The zero-order valence-corrected chi connectivity index (χ0v) is 17.2. The molecule has 0 radical (unpaired) electrons. The van der Waals surface area contributed by atoms with Crippen LogP contribution in [0.25, 0.3) is 11.1 Å². The fourth-order valence-electron chi connectivity index (χ4n) is 2.87. The van der Waals surface area contributed by atoms with Crippen LogP contribution in [0.5, 0.6) is 0 Å². The van der Waals surface area contributed by atoms with Gasteiger partial charge in [0.15, 0.2) is 5.58 Å². The number of esters is 1. The molecular formula is C22H23N3O6. The molecule has 0 saturated heterocycles. The number of amides is 2. The predicted octanol–water partition coefficient (Wildman–Crippen LogP) is 1.98. The molecule has 9 nitrogen and oxygen atoms in total. The zero-order chi connectivity index (χ0) is 22.4. The molecule has 1 atom stereocenters. The highest BCUT2D eigenvalue weighted by Gasteiger charge is 2.20. The highest BCUT2D eigenvalue weighted by atomic mass is 16.5. The van der Waals surface area contributed by atoms with Gasteiger partial charge in [-0.1, -0.05) is 36.8 Å². The number of aromatic nitrogens is 1. The van der Waals surface area contributed by atoms with Crippen molar-refractivity contribution in [2.45, 2.75) is 32.9 Å². The number of anilines is 1. The van der Waals surface area contributed by atoms with E-state index in [-0.39, 0.29) is 13.2 Å². The van der Waals surface area contributed by atoms with Crippen LogP contribution >= 0.6 is 0 Å². The molecule has 0 unspecified atom stereocenters. The van der Waals surface area contributed by atoms with Crippen LogP contribution in [-0.2, 0) is 25.7 Å². The number of nitrogens with one attached hydrogen (secondary N) is 2. The molecule has 1 aromatic heterocycles. The van der Waals surface area contributed by atoms with Crippen molar-refractivity contribution in [1.29, 1.82) is 0 Å². The molecule has 162 valence electrons. The second-order valence-electron chi connectivity index (χ2n) is 7.00. The number of carbonyl (C=O) groups excluding carboxylic acids is 3. The number of nitrogens with zero attached hydrogens (tertiary/aromatic N) is 1. The summed E-state index contributed by atoms with van der Waals surface area (Å²) >= 11 is 0. The fraction of sp³-hybridized carbons (Fsp3) is 0.273. The normalized spacial score (nSPS) is 11.7. The summed E-state index contributed by atoms with van der Waals surface area (Å²) in [5, 5.41) is 5.05. The Bertz CT molecular complexity index is 1150. The van der Waals surface area contributed by atoms with Gasteiger partial charge in [0.25, 0.3) is 0 Å². The van der Waals surface area contributed by atoms with Gasteiger partial charge in [0.05, 0.1) is 11.6 Å². The average Bonchev–Trinajstić information content (AvgIpc) is 3.07. The first-order chi connectivity index (χ1) is 14.9. The second kappa shape index (κ2) is 9.75. The fourth-order valence-corrected chi connectivity index (χ4v) is 2.87.